The Labute approximate surface area is 160 Å². The maximum atomic E-state index is 5.96. The van der Waals surface area contributed by atoms with Crippen LogP contribution in [0.1, 0.15) is 11.1 Å². The van der Waals surface area contributed by atoms with Crippen LogP contribution in [0.4, 0.5) is 0 Å². The van der Waals surface area contributed by atoms with Gasteiger partial charge in [0.25, 0.3) is 0 Å². The van der Waals surface area contributed by atoms with Gasteiger partial charge in [-0.15, -0.1) is 0 Å². The summed E-state index contributed by atoms with van der Waals surface area (Å²) >= 11 is 0. The third-order valence-electron chi connectivity index (χ3n) is 5.24. The number of fused-ring (bicyclic) bond motifs is 2. The van der Waals surface area contributed by atoms with Crippen LogP contribution in [0.5, 0.6) is 0 Å². The maximum absolute atomic E-state index is 5.96. The van der Waals surface area contributed by atoms with Gasteiger partial charge in [0.15, 0.2) is 25.5 Å². The highest BCUT2D eigenvalue weighted by atomic mass is 16.5. The van der Waals surface area contributed by atoms with E-state index in [0.717, 1.165) is 13.1 Å². The second-order valence-corrected chi connectivity index (χ2v) is 7.03. The summed E-state index contributed by atoms with van der Waals surface area (Å²) in [7, 11) is 0. The van der Waals surface area contributed by atoms with E-state index in [1.54, 1.807) is 0 Å². The quantitative estimate of drug-likeness (QED) is 0.377. The molecule has 0 unspecified atom stereocenters. The normalized spacial score (nSPS) is 11.3. The number of aryl methyl sites for hydroxylation is 2. The van der Waals surface area contributed by atoms with Gasteiger partial charge in [0.05, 0.1) is 0 Å². The van der Waals surface area contributed by atoms with Crippen LogP contribution in [0.25, 0.3) is 21.8 Å². The molecular weight excluding hydrogens is 332 g/mol. The minimum Gasteiger partial charge on any atom is -0.368 e. The smallest absolute Gasteiger partial charge is 0.212 e. The lowest BCUT2D eigenvalue weighted by Crippen LogP contribution is -2.39. The SMILES string of the molecule is Cc1cc[n+](CCOCC[n+]2ccc(C)c3ccccc32)c2ccccc12. The summed E-state index contributed by atoms with van der Waals surface area (Å²) in [5.41, 5.74) is 5.15. The van der Waals surface area contributed by atoms with Crippen LogP contribution in [0.3, 0.4) is 0 Å². The van der Waals surface area contributed by atoms with E-state index in [-0.39, 0.29) is 0 Å². The highest BCUT2D eigenvalue weighted by Crippen LogP contribution is 2.14. The summed E-state index contributed by atoms with van der Waals surface area (Å²) in [6.45, 7) is 7.46. The molecule has 27 heavy (non-hydrogen) atoms. The summed E-state index contributed by atoms with van der Waals surface area (Å²) in [5, 5.41) is 2.61. The summed E-state index contributed by atoms with van der Waals surface area (Å²) in [4.78, 5) is 0. The standard InChI is InChI=1S/C24H26N2O/c1-19-11-13-25(23-9-5-3-7-21(19)23)15-17-27-18-16-26-14-12-20(2)22-8-4-6-10-24(22)26/h3-14H,15-18H2,1-2H3/q+2. The molecule has 0 saturated heterocycles. The van der Waals surface area contributed by atoms with E-state index >= 15 is 0 Å². The Bertz CT molecular complexity index is 1000. The van der Waals surface area contributed by atoms with Crippen molar-refractivity contribution in [1.29, 1.82) is 0 Å². The number of aromatic nitrogens is 2. The molecule has 2 aromatic carbocycles. The van der Waals surface area contributed by atoms with Crippen LogP contribution < -0.4 is 9.13 Å². The molecule has 0 atom stereocenters. The van der Waals surface area contributed by atoms with Crippen molar-refractivity contribution in [3.05, 3.63) is 84.2 Å². The lowest BCUT2D eigenvalue weighted by molar-refractivity contribution is -0.680. The molecule has 2 aromatic heterocycles. The molecule has 0 bridgehead atoms. The molecule has 3 nitrogen and oxygen atoms in total. The largest absolute Gasteiger partial charge is 0.368 e. The minimum atomic E-state index is 0.710. The predicted molar refractivity (Wildman–Crippen MR) is 109 cm³/mol. The molecule has 0 fully saturated rings. The fourth-order valence-electron chi connectivity index (χ4n) is 3.68. The van der Waals surface area contributed by atoms with Crippen LogP contribution in [0, 0.1) is 13.8 Å². The van der Waals surface area contributed by atoms with Gasteiger partial charge in [-0.05, 0) is 37.1 Å². The number of benzene rings is 2. The van der Waals surface area contributed by atoms with Crippen molar-refractivity contribution in [3.63, 3.8) is 0 Å². The topological polar surface area (TPSA) is 17.0 Å². The Hall–Kier alpha value is -2.78. The van der Waals surface area contributed by atoms with Crippen LogP contribution in [0.2, 0.25) is 0 Å². The van der Waals surface area contributed by atoms with Crippen LogP contribution in [-0.2, 0) is 17.8 Å². The van der Waals surface area contributed by atoms with Gasteiger partial charge in [0.1, 0.15) is 13.2 Å². The Balaban J connectivity index is 1.38. The summed E-state index contributed by atoms with van der Waals surface area (Å²) in [6, 6.07) is 21.5. The molecule has 0 aliphatic rings. The van der Waals surface area contributed by atoms with Gasteiger partial charge in [-0.1, -0.05) is 24.3 Å². The molecule has 0 spiro atoms. The number of hydrogen-bond donors (Lipinski definition) is 0. The molecule has 136 valence electrons. The molecule has 2 heterocycles. The molecule has 0 aliphatic carbocycles. The predicted octanol–water partition coefficient (Wildman–Crippen LogP) is 3.90. The molecule has 0 radical (unpaired) electrons. The van der Waals surface area contributed by atoms with E-state index in [1.807, 2.05) is 0 Å². The molecule has 4 aromatic rings. The number of ether oxygens (including phenoxy) is 1. The lowest BCUT2D eigenvalue weighted by atomic mass is 10.1. The summed E-state index contributed by atoms with van der Waals surface area (Å²) < 4.78 is 10.5. The average Bonchev–Trinajstić information content (AvgIpc) is 2.71. The molecule has 0 saturated carbocycles. The molecule has 0 N–H and O–H groups in total. The Morgan fingerprint density at radius 3 is 1.56 bits per heavy atom. The maximum Gasteiger partial charge on any atom is 0.212 e. The van der Waals surface area contributed by atoms with E-state index in [1.165, 1.54) is 32.9 Å². The number of nitrogens with zero attached hydrogens (tertiary/aromatic N) is 2. The van der Waals surface area contributed by atoms with Crippen molar-refractivity contribution in [3.8, 4) is 0 Å². The number of para-hydroxylation sites is 2. The second-order valence-electron chi connectivity index (χ2n) is 7.03. The Kier molecular flexibility index (Phi) is 5.12. The monoisotopic (exact) mass is 358 g/mol. The number of pyridine rings is 2. The van der Waals surface area contributed by atoms with E-state index in [0.29, 0.717) is 13.2 Å². The lowest BCUT2D eigenvalue weighted by Gasteiger charge is -2.06. The Morgan fingerprint density at radius 2 is 1.07 bits per heavy atom. The first-order valence-electron chi connectivity index (χ1n) is 9.57. The molecule has 0 aliphatic heterocycles. The third-order valence-corrected chi connectivity index (χ3v) is 5.24. The van der Waals surface area contributed by atoms with Crippen molar-refractivity contribution in [2.75, 3.05) is 13.2 Å². The molecular formula is C24H26N2O+2. The second kappa shape index (κ2) is 7.85. The van der Waals surface area contributed by atoms with Gasteiger partial charge in [-0.3, -0.25) is 0 Å². The first kappa shape index (κ1) is 17.6. The highest BCUT2D eigenvalue weighted by Gasteiger charge is 2.12. The van der Waals surface area contributed by atoms with E-state index in [2.05, 4.69) is 96.0 Å². The van der Waals surface area contributed by atoms with Gasteiger partial charge in [-0.2, -0.15) is 9.13 Å². The molecule has 3 heteroatoms. The average molecular weight is 358 g/mol. The first-order chi connectivity index (χ1) is 13.2. The molecule has 4 rings (SSSR count). The van der Waals surface area contributed by atoms with Crippen LogP contribution in [0.15, 0.2) is 73.1 Å². The fourth-order valence-corrected chi connectivity index (χ4v) is 3.68. The van der Waals surface area contributed by atoms with Crippen molar-refractivity contribution >= 4 is 21.8 Å². The van der Waals surface area contributed by atoms with Gasteiger partial charge in [0, 0.05) is 35.0 Å². The van der Waals surface area contributed by atoms with Gasteiger partial charge >= 0.3 is 0 Å². The zero-order valence-corrected chi connectivity index (χ0v) is 16.1. The van der Waals surface area contributed by atoms with Gasteiger partial charge in [0.2, 0.25) is 11.0 Å². The fraction of sp³-hybridized carbons (Fsp3) is 0.250. The van der Waals surface area contributed by atoms with Crippen molar-refractivity contribution in [2.24, 2.45) is 0 Å². The van der Waals surface area contributed by atoms with Gasteiger partial charge in [-0.25, -0.2) is 0 Å². The summed E-state index contributed by atoms with van der Waals surface area (Å²) in [6.07, 6.45) is 4.31. The van der Waals surface area contributed by atoms with E-state index in [4.69, 9.17) is 4.74 Å². The number of hydrogen-bond acceptors (Lipinski definition) is 1. The van der Waals surface area contributed by atoms with E-state index < -0.39 is 0 Å². The van der Waals surface area contributed by atoms with Crippen LogP contribution in [-0.4, -0.2) is 13.2 Å². The van der Waals surface area contributed by atoms with Crippen molar-refractivity contribution in [2.45, 2.75) is 26.9 Å². The zero-order chi connectivity index (χ0) is 18.6. The zero-order valence-electron chi connectivity index (χ0n) is 16.1. The van der Waals surface area contributed by atoms with Crippen LogP contribution >= 0.6 is 0 Å². The van der Waals surface area contributed by atoms with Crippen molar-refractivity contribution in [1.82, 2.24) is 0 Å². The van der Waals surface area contributed by atoms with Crippen molar-refractivity contribution < 1.29 is 13.9 Å². The Morgan fingerprint density at radius 1 is 0.630 bits per heavy atom. The number of rotatable bonds is 6. The van der Waals surface area contributed by atoms with Gasteiger partial charge < -0.3 is 4.74 Å². The minimum absolute atomic E-state index is 0.710. The summed E-state index contributed by atoms with van der Waals surface area (Å²) in [5.74, 6) is 0. The molecule has 0 amide bonds. The van der Waals surface area contributed by atoms with E-state index in [9.17, 15) is 0 Å². The highest BCUT2D eigenvalue weighted by molar-refractivity contribution is 5.79. The first-order valence-corrected chi connectivity index (χ1v) is 9.57. The third kappa shape index (κ3) is 3.69.